The van der Waals surface area contributed by atoms with E-state index in [1.165, 1.54) is 5.56 Å². The van der Waals surface area contributed by atoms with Gasteiger partial charge in [0.2, 0.25) is 5.88 Å². The Bertz CT molecular complexity index is 1000. The summed E-state index contributed by atoms with van der Waals surface area (Å²) < 4.78 is 5.98. The molecule has 0 bridgehead atoms. The summed E-state index contributed by atoms with van der Waals surface area (Å²) in [5.41, 5.74) is 4.65. The minimum Gasteiger partial charge on any atom is -0.438 e. The van der Waals surface area contributed by atoms with Gasteiger partial charge in [-0.1, -0.05) is 56.3 Å². The Labute approximate surface area is 146 Å². The molecule has 0 amide bonds. The smallest absolute Gasteiger partial charge is 0.258 e. The van der Waals surface area contributed by atoms with Crippen molar-refractivity contribution < 1.29 is 4.74 Å². The van der Waals surface area contributed by atoms with Crippen molar-refractivity contribution in [3.8, 4) is 23.0 Å². The lowest BCUT2D eigenvalue weighted by atomic mass is 10.00. The molecule has 4 heteroatoms. The molecule has 0 saturated heterocycles. The molecule has 126 valence electrons. The second-order valence-electron chi connectivity index (χ2n) is 6.82. The van der Waals surface area contributed by atoms with Crippen LogP contribution in [0.3, 0.4) is 0 Å². The highest BCUT2D eigenvalue weighted by atomic mass is 16.5. The zero-order valence-electron chi connectivity index (χ0n) is 14.6. The van der Waals surface area contributed by atoms with E-state index in [1.807, 2.05) is 37.3 Å². The van der Waals surface area contributed by atoms with Gasteiger partial charge < -0.3 is 9.72 Å². The maximum Gasteiger partial charge on any atom is 0.258 e. The van der Waals surface area contributed by atoms with Gasteiger partial charge in [0.05, 0.1) is 5.56 Å². The fourth-order valence-corrected chi connectivity index (χ4v) is 3.17. The number of H-pyrrole nitrogens is 1. The highest BCUT2D eigenvalue weighted by Crippen LogP contribution is 2.36. The van der Waals surface area contributed by atoms with Gasteiger partial charge in [0, 0.05) is 12.0 Å². The molecule has 4 nitrogen and oxygen atoms in total. The van der Waals surface area contributed by atoms with Crippen molar-refractivity contribution in [2.24, 2.45) is 0 Å². The molecule has 0 atom stereocenters. The molecule has 1 aromatic heterocycles. The maximum atomic E-state index is 12.6. The number of aromatic amines is 1. The number of benzene rings is 2. The van der Waals surface area contributed by atoms with Crippen LogP contribution in [0.5, 0.6) is 11.6 Å². The van der Waals surface area contributed by atoms with Crippen molar-refractivity contribution in [3.63, 3.8) is 0 Å². The largest absolute Gasteiger partial charge is 0.438 e. The van der Waals surface area contributed by atoms with E-state index >= 15 is 0 Å². The zero-order valence-corrected chi connectivity index (χ0v) is 14.6. The van der Waals surface area contributed by atoms with E-state index in [-0.39, 0.29) is 5.56 Å². The molecule has 25 heavy (non-hydrogen) atoms. The Morgan fingerprint density at radius 3 is 2.60 bits per heavy atom. The van der Waals surface area contributed by atoms with Crippen LogP contribution in [0, 0.1) is 6.92 Å². The van der Waals surface area contributed by atoms with Crippen LogP contribution in [0.1, 0.15) is 42.0 Å². The number of aryl methyl sites for hydroxylation is 1. The molecule has 1 aliphatic rings. The molecule has 1 aliphatic heterocycles. The van der Waals surface area contributed by atoms with Crippen LogP contribution in [0.15, 0.2) is 47.3 Å². The Kier molecular flexibility index (Phi) is 3.68. The van der Waals surface area contributed by atoms with Crippen LogP contribution in [0.2, 0.25) is 0 Å². The zero-order chi connectivity index (χ0) is 17.6. The van der Waals surface area contributed by atoms with E-state index in [1.54, 1.807) is 0 Å². The van der Waals surface area contributed by atoms with Gasteiger partial charge in [0.25, 0.3) is 5.56 Å². The summed E-state index contributed by atoms with van der Waals surface area (Å²) in [6.07, 6.45) is 0.543. The van der Waals surface area contributed by atoms with E-state index in [0.29, 0.717) is 29.6 Å². The molecule has 0 saturated carbocycles. The third kappa shape index (κ3) is 2.74. The third-order valence-electron chi connectivity index (χ3n) is 4.69. The predicted octanol–water partition coefficient (Wildman–Crippen LogP) is 4.57. The number of rotatable bonds is 2. The molecule has 0 radical (unpaired) electrons. The normalized spacial score (nSPS) is 12.5. The molecule has 4 rings (SSSR count). The van der Waals surface area contributed by atoms with Crippen LogP contribution in [0.25, 0.3) is 11.4 Å². The SMILES string of the molecule is Cc1cccc2c1Oc1nc(-c3ccc(C(C)C)cc3)[nH]c(=O)c1C2. The average molecular weight is 332 g/mol. The van der Waals surface area contributed by atoms with E-state index in [4.69, 9.17) is 4.74 Å². The first-order valence-corrected chi connectivity index (χ1v) is 8.53. The molecule has 2 heterocycles. The number of fused-ring (bicyclic) bond motifs is 2. The highest BCUT2D eigenvalue weighted by Gasteiger charge is 2.23. The number of ether oxygens (including phenoxy) is 1. The van der Waals surface area contributed by atoms with Crippen LogP contribution in [0.4, 0.5) is 0 Å². The maximum absolute atomic E-state index is 12.6. The monoisotopic (exact) mass is 332 g/mol. The van der Waals surface area contributed by atoms with Crippen molar-refractivity contribution in [1.82, 2.24) is 9.97 Å². The standard InChI is InChI=1S/C21H20N2O2/c1-12(2)14-7-9-15(10-8-14)19-22-20(24)17-11-16-6-4-5-13(3)18(16)25-21(17)23-19/h4-10,12H,11H2,1-3H3,(H,22,23,24). The Hall–Kier alpha value is -2.88. The summed E-state index contributed by atoms with van der Waals surface area (Å²) in [5.74, 6) is 2.23. The molecule has 0 unspecified atom stereocenters. The lowest BCUT2D eigenvalue weighted by molar-refractivity contribution is 0.435. The van der Waals surface area contributed by atoms with Gasteiger partial charge >= 0.3 is 0 Å². The first-order valence-electron chi connectivity index (χ1n) is 8.53. The number of para-hydroxylation sites is 1. The van der Waals surface area contributed by atoms with Crippen LogP contribution >= 0.6 is 0 Å². The summed E-state index contributed by atoms with van der Waals surface area (Å²) in [4.78, 5) is 20.0. The van der Waals surface area contributed by atoms with E-state index in [2.05, 4.69) is 35.9 Å². The Balaban J connectivity index is 1.77. The van der Waals surface area contributed by atoms with Crippen molar-refractivity contribution in [3.05, 3.63) is 75.1 Å². The van der Waals surface area contributed by atoms with Crippen LogP contribution in [-0.4, -0.2) is 9.97 Å². The van der Waals surface area contributed by atoms with Crippen molar-refractivity contribution in [2.75, 3.05) is 0 Å². The second kappa shape index (κ2) is 5.88. The number of hydrogen-bond acceptors (Lipinski definition) is 3. The third-order valence-corrected chi connectivity index (χ3v) is 4.69. The summed E-state index contributed by atoms with van der Waals surface area (Å²) in [7, 11) is 0. The molecule has 0 spiro atoms. The molecular formula is C21H20N2O2. The van der Waals surface area contributed by atoms with E-state index in [9.17, 15) is 4.79 Å². The minimum atomic E-state index is -0.139. The molecule has 0 aliphatic carbocycles. The van der Waals surface area contributed by atoms with E-state index in [0.717, 1.165) is 22.4 Å². The fourth-order valence-electron chi connectivity index (χ4n) is 3.17. The van der Waals surface area contributed by atoms with Gasteiger partial charge in [-0.15, -0.1) is 0 Å². The first kappa shape index (κ1) is 15.6. The number of hydrogen-bond donors (Lipinski definition) is 1. The fraction of sp³-hybridized carbons (Fsp3) is 0.238. The summed E-state index contributed by atoms with van der Waals surface area (Å²) in [6, 6.07) is 14.1. The summed E-state index contributed by atoms with van der Waals surface area (Å²) in [6.45, 7) is 6.31. The van der Waals surface area contributed by atoms with Crippen molar-refractivity contribution >= 4 is 0 Å². The van der Waals surface area contributed by atoms with Gasteiger partial charge in [-0.05, 0) is 29.5 Å². The number of nitrogens with one attached hydrogen (secondary N) is 1. The first-order chi connectivity index (χ1) is 12.0. The Morgan fingerprint density at radius 2 is 1.88 bits per heavy atom. The van der Waals surface area contributed by atoms with Crippen LogP contribution < -0.4 is 10.3 Å². The van der Waals surface area contributed by atoms with Crippen LogP contribution in [-0.2, 0) is 6.42 Å². The van der Waals surface area contributed by atoms with Crippen molar-refractivity contribution in [2.45, 2.75) is 33.1 Å². The van der Waals surface area contributed by atoms with Gasteiger partial charge in [-0.2, -0.15) is 4.98 Å². The number of aromatic nitrogens is 2. The number of nitrogens with zero attached hydrogens (tertiary/aromatic N) is 1. The lowest BCUT2D eigenvalue weighted by Crippen LogP contribution is -2.20. The Morgan fingerprint density at radius 1 is 1.12 bits per heavy atom. The molecule has 1 N–H and O–H groups in total. The summed E-state index contributed by atoms with van der Waals surface area (Å²) in [5, 5.41) is 0. The van der Waals surface area contributed by atoms with Gasteiger partial charge in [-0.25, -0.2) is 0 Å². The van der Waals surface area contributed by atoms with Gasteiger partial charge in [0.1, 0.15) is 11.6 Å². The summed E-state index contributed by atoms with van der Waals surface area (Å²) >= 11 is 0. The molecule has 2 aromatic carbocycles. The predicted molar refractivity (Wildman–Crippen MR) is 98.4 cm³/mol. The molecule has 0 fully saturated rings. The van der Waals surface area contributed by atoms with Gasteiger partial charge in [-0.3, -0.25) is 4.79 Å². The van der Waals surface area contributed by atoms with Crippen molar-refractivity contribution in [1.29, 1.82) is 0 Å². The lowest BCUT2D eigenvalue weighted by Gasteiger charge is -2.20. The minimum absolute atomic E-state index is 0.139. The topological polar surface area (TPSA) is 55.0 Å². The molecule has 3 aromatic rings. The second-order valence-corrected chi connectivity index (χ2v) is 6.82. The molecular weight excluding hydrogens is 312 g/mol. The highest BCUT2D eigenvalue weighted by molar-refractivity contribution is 5.58. The van der Waals surface area contributed by atoms with Gasteiger partial charge in [0.15, 0.2) is 0 Å². The quantitative estimate of drug-likeness (QED) is 0.585. The van der Waals surface area contributed by atoms with E-state index < -0.39 is 0 Å². The average Bonchev–Trinajstić information content (AvgIpc) is 2.61.